The second-order valence-corrected chi connectivity index (χ2v) is 3.59. The van der Waals surface area contributed by atoms with Crippen LogP contribution in [0, 0.1) is 0 Å². The van der Waals surface area contributed by atoms with Gasteiger partial charge in [0.05, 0.1) is 6.61 Å². The van der Waals surface area contributed by atoms with Gasteiger partial charge in [-0.15, -0.1) is 0 Å². The highest BCUT2D eigenvalue weighted by atomic mass is 16.5. The topological polar surface area (TPSA) is 30.5 Å². The number of rotatable bonds is 7. The smallest absolute Gasteiger partial charge is 0.124 e. The third-order valence-corrected chi connectivity index (χ3v) is 2.51. The van der Waals surface area contributed by atoms with E-state index in [2.05, 4.69) is 18.3 Å². The first-order valence-corrected chi connectivity index (χ1v) is 5.76. The number of para-hydroxylation sites is 1. The predicted molar refractivity (Wildman–Crippen MR) is 65.9 cm³/mol. The molecule has 0 aliphatic rings. The van der Waals surface area contributed by atoms with Gasteiger partial charge in [-0.3, -0.25) is 0 Å². The van der Waals surface area contributed by atoms with Crippen LogP contribution in [0.2, 0.25) is 0 Å². The summed E-state index contributed by atoms with van der Waals surface area (Å²) < 4.78 is 10.9. The summed E-state index contributed by atoms with van der Waals surface area (Å²) in [4.78, 5) is 0. The van der Waals surface area contributed by atoms with Gasteiger partial charge in [-0.05, 0) is 27.0 Å². The van der Waals surface area contributed by atoms with Crippen molar-refractivity contribution < 1.29 is 9.47 Å². The third kappa shape index (κ3) is 3.83. The van der Waals surface area contributed by atoms with E-state index in [0.29, 0.717) is 19.3 Å². The second-order valence-electron chi connectivity index (χ2n) is 3.59. The molecule has 90 valence electrons. The van der Waals surface area contributed by atoms with Crippen LogP contribution in [0.4, 0.5) is 0 Å². The maximum Gasteiger partial charge on any atom is 0.124 e. The lowest BCUT2D eigenvalue weighted by atomic mass is 10.1. The van der Waals surface area contributed by atoms with E-state index in [4.69, 9.17) is 9.47 Å². The SMILES string of the molecule is CCOCCOc1ccccc1C(C)NC. The van der Waals surface area contributed by atoms with Crippen LogP contribution in [-0.2, 0) is 4.74 Å². The summed E-state index contributed by atoms with van der Waals surface area (Å²) >= 11 is 0. The van der Waals surface area contributed by atoms with E-state index in [9.17, 15) is 0 Å². The molecule has 1 atom stereocenters. The van der Waals surface area contributed by atoms with Crippen molar-refractivity contribution in [2.45, 2.75) is 19.9 Å². The minimum absolute atomic E-state index is 0.295. The third-order valence-electron chi connectivity index (χ3n) is 2.51. The molecule has 0 spiro atoms. The van der Waals surface area contributed by atoms with Crippen molar-refractivity contribution in [3.8, 4) is 5.75 Å². The van der Waals surface area contributed by atoms with Crippen LogP contribution < -0.4 is 10.1 Å². The van der Waals surface area contributed by atoms with Gasteiger partial charge in [0.15, 0.2) is 0 Å². The summed E-state index contributed by atoms with van der Waals surface area (Å²) in [6, 6.07) is 8.38. The highest BCUT2D eigenvalue weighted by Gasteiger charge is 2.08. The highest BCUT2D eigenvalue weighted by molar-refractivity contribution is 5.35. The summed E-state index contributed by atoms with van der Waals surface area (Å²) in [7, 11) is 1.95. The zero-order valence-electron chi connectivity index (χ0n) is 10.3. The molecule has 1 aromatic rings. The van der Waals surface area contributed by atoms with Crippen LogP contribution in [0.15, 0.2) is 24.3 Å². The standard InChI is InChI=1S/C13H21NO2/c1-4-15-9-10-16-13-8-6-5-7-12(13)11(2)14-3/h5-8,11,14H,4,9-10H2,1-3H3. The van der Waals surface area contributed by atoms with E-state index >= 15 is 0 Å². The lowest BCUT2D eigenvalue weighted by Gasteiger charge is -2.16. The second kappa shape index (κ2) is 7.25. The molecule has 0 saturated heterocycles. The first-order chi connectivity index (χ1) is 7.79. The van der Waals surface area contributed by atoms with E-state index in [0.717, 1.165) is 12.4 Å². The van der Waals surface area contributed by atoms with Crippen molar-refractivity contribution in [1.29, 1.82) is 0 Å². The van der Waals surface area contributed by atoms with Crippen LogP contribution in [0.3, 0.4) is 0 Å². The Bertz CT molecular complexity index is 302. The van der Waals surface area contributed by atoms with Crippen LogP contribution in [-0.4, -0.2) is 26.9 Å². The molecule has 0 aliphatic heterocycles. The van der Waals surface area contributed by atoms with E-state index in [1.165, 1.54) is 5.56 Å². The lowest BCUT2D eigenvalue weighted by molar-refractivity contribution is 0.109. The predicted octanol–water partition coefficient (Wildman–Crippen LogP) is 2.38. The van der Waals surface area contributed by atoms with Crippen molar-refractivity contribution in [3.63, 3.8) is 0 Å². The Kier molecular flexibility index (Phi) is 5.90. The minimum atomic E-state index is 0.295. The minimum Gasteiger partial charge on any atom is -0.491 e. The van der Waals surface area contributed by atoms with Crippen LogP contribution in [0.25, 0.3) is 0 Å². The Morgan fingerprint density at radius 2 is 2.00 bits per heavy atom. The zero-order valence-corrected chi connectivity index (χ0v) is 10.3. The fourth-order valence-corrected chi connectivity index (χ4v) is 1.48. The molecule has 0 bridgehead atoms. The molecule has 1 unspecified atom stereocenters. The first kappa shape index (κ1) is 13.0. The monoisotopic (exact) mass is 223 g/mol. The van der Waals surface area contributed by atoms with Gasteiger partial charge in [-0.25, -0.2) is 0 Å². The number of ether oxygens (including phenoxy) is 2. The molecule has 0 aromatic heterocycles. The van der Waals surface area contributed by atoms with E-state index in [1.54, 1.807) is 0 Å². The fraction of sp³-hybridized carbons (Fsp3) is 0.538. The molecule has 0 amide bonds. The van der Waals surface area contributed by atoms with Crippen molar-refractivity contribution in [2.75, 3.05) is 26.9 Å². The molecule has 0 saturated carbocycles. The number of nitrogens with one attached hydrogen (secondary N) is 1. The molecule has 16 heavy (non-hydrogen) atoms. The van der Waals surface area contributed by atoms with Crippen LogP contribution >= 0.6 is 0 Å². The largest absolute Gasteiger partial charge is 0.491 e. The molecule has 1 aromatic carbocycles. The average Bonchev–Trinajstić information content (AvgIpc) is 2.34. The molecule has 0 heterocycles. The quantitative estimate of drug-likeness (QED) is 0.720. The molecule has 3 heteroatoms. The Labute approximate surface area is 97.8 Å². The maximum atomic E-state index is 5.70. The number of benzene rings is 1. The lowest BCUT2D eigenvalue weighted by Crippen LogP contribution is -2.15. The zero-order chi connectivity index (χ0) is 11.8. The summed E-state index contributed by atoms with van der Waals surface area (Å²) in [6.45, 7) is 6.07. The van der Waals surface area contributed by atoms with Gasteiger partial charge in [0.25, 0.3) is 0 Å². The van der Waals surface area contributed by atoms with Gasteiger partial charge in [-0.1, -0.05) is 18.2 Å². The molecule has 1 N–H and O–H groups in total. The highest BCUT2D eigenvalue weighted by Crippen LogP contribution is 2.24. The van der Waals surface area contributed by atoms with E-state index in [-0.39, 0.29) is 0 Å². The molecule has 0 aliphatic carbocycles. The van der Waals surface area contributed by atoms with Crippen molar-refractivity contribution in [2.24, 2.45) is 0 Å². The van der Waals surface area contributed by atoms with E-state index in [1.807, 2.05) is 32.2 Å². The molecule has 1 rings (SSSR count). The van der Waals surface area contributed by atoms with Crippen LogP contribution in [0.1, 0.15) is 25.5 Å². The normalized spacial score (nSPS) is 12.4. The first-order valence-electron chi connectivity index (χ1n) is 5.76. The summed E-state index contributed by atoms with van der Waals surface area (Å²) in [5, 5.41) is 3.21. The van der Waals surface area contributed by atoms with E-state index < -0.39 is 0 Å². The Hall–Kier alpha value is -1.06. The van der Waals surface area contributed by atoms with Crippen LogP contribution in [0.5, 0.6) is 5.75 Å². The number of hydrogen-bond acceptors (Lipinski definition) is 3. The van der Waals surface area contributed by atoms with Crippen molar-refractivity contribution >= 4 is 0 Å². The summed E-state index contributed by atoms with van der Waals surface area (Å²) in [5.74, 6) is 0.934. The maximum absolute atomic E-state index is 5.70. The molecular formula is C13H21NO2. The van der Waals surface area contributed by atoms with Crippen molar-refractivity contribution in [1.82, 2.24) is 5.32 Å². The van der Waals surface area contributed by atoms with Gasteiger partial charge in [0, 0.05) is 18.2 Å². The molecule has 0 fully saturated rings. The molecule has 3 nitrogen and oxygen atoms in total. The molecular weight excluding hydrogens is 202 g/mol. The Morgan fingerprint density at radius 1 is 1.25 bits per heavy atom. The summed E-state index contributed by atoms with van der Waals surface area (Å²) in [5.41, 5.74) is 1.18. The Balaban J connectivity index is 2.57. The van der Waals surface area contributed by atoms with Crippen molar-refractivity contribution in [3.05, 3.63) is 29.8 Å². The van der Waals surface area contributed by atoms with Gasteiger partial charge < -0.3 is 14.8 Å². The number of hydrogen-bond donors (Lipinski definition) is 1. The average molecular weight is 223 g/mol. The van der Waals surface area contributed by atoms with Gasteiger partial charge in [0.2, 0.25) is 0 Å². The Morgan fingerprint density at radius 3 is 2.69 bits per heavy atom. The van der Waals surface area contributed by atoms with Gasteiger partial charge in [0.1, 0.15) is 12.4 Å². The fourth-order valence-electron chi connectivity index (χ4n) is 1.48. The van der Waals surface area contributed by atoms with Gasteiger partial charge in [-0.2, -0.15) is 0 Å². The van der Waals surface area contributed by atoms with Gasteiger partial charge >= 0.3 is 0 Å². The molecule has 0 radical (unpaired) electrons. The summed E-state index contributed by atoms with van der Waals surface area (Å²) in [6.07, 6.45) is 0.